The van der Waals surface area contributed by atoms with E-state index in [0.717, 1.165) is 31.5 Å². The number of nitrogens with zero attached hydrogens (tertiary/aromatic N) is 1. The van der Waals surface area contributed by atoms with Crippen molar-refractivity contribution >= 4 is 5.97 Å². The number of nitrogens with one attached hydrogen (secondary N) is 1. The minimum atomic E-state index is -0.937. The number of carboxylic acid groups (broad SMARTS) is 1. The minimum absolute atomic E-state index is 0.123. The summed E-state index contributed by atoms with van der Waals surface area (Å²) >= 11 is 0. The van der Waals surface area contributed by atoms with Crippen LogP contribution in [0.25, 0.3) is 0 Å². The van der Waals surface area contributed by atoms with Crippen molar-refractivity contribution in [2.24, 2.45) is 0 Å². The zero-order valence-corrected chi connectivity index (χ0v) is 14.4. The summed E-state index contributed by atoms with van der Waals surface area (Å²) in [5, 5.41) is 12.4. The molecule has 6 heteroatoms. The first-order valence-corrected chi connectivity index (χ1v) is 8.74. The summed E-state index contributed by atoms with van der Waals surface area (Å²) in [5.74, 6) is -1.94. The Morgan fingerprint density at radius 3 is 2.50 bits per heavy atom. The van der Waals surface area contributed by atoms with Gasteiger partial charge >= 0.3 is 5.97 Å². The van der Waals surface area contributed by atoms with Crippen LogP contribution in [-0.2, 0) is 13.1 Å². The van der Waals surface area contributed by atoms with Crippen molar-refractivity contribution in [1.29, 1.82) is 0 Å². The van der Waals surface area contributed by atoms with E-state index >= 15 is 0 Å². The topological polar surface area (TPSA) is 52.6 Å². The number of rotatable bonds is 6. The predicted molar refractivity (Wildman–Crippen MR) is 94.9 cm³/mol. The average molecular weight is 360 g/mol. The summed E-state index contributed by atoms with van der Waals surface area (Å²) in [6.45, 7) is 2.44. The predicted octanol–water partition coefficient (Wildman–Crippen LogP) is 3.42. The van der Waals surface area contributed by atoms with Crippen molar-refractivity contribution in [3.05, 3.63) is 70.8 Å². The molecule has 4 nitrogen and oxygen atoms in total. The molecule has 0 bridgehead atoms. The van der Waals surface area contributed by atoms with Gasteiger partial charge in [0.15, 0.2) is 0 Å². The lowest BCUT2D eigenvalue weighted by atomic mass is 10.0. The molecule has 2 aromatic rings. The Balaban J connectivity index is 1.54. The summed E-state index contributed by atoms with van der Waals surface area (Å²) in [7, 11) is 0. The Kier molecular flexibility index (Phi) is 5.96. The first kappa shape index (κ1) is 18.5. The smallest absolute Gasteiger partial charge is 0.335 e. The molecule has 0 aliphatic carbocycles. The van der Waals surface area contributed by atoms with Gasteiger partial charge in [-0.3, -0.25) is 4.90 Å². The highest BCUT2D eigenvalue weighted by molar-refractivity contribution is 5.87. The van der Waals surface area contributed by atoms with E-state index in [1.165, 1.54) is 18.2 Å². The van der Waals surface area contributed by atoms with E-state index < -0.39 is 17.6 Å². The Morgan fingerprint density at radius 1 is 1.15 bits per heavy atom. The molecule has 1 heterocycles. The number of hydrogen-bond acceptors (Lipinski definition) is 3. The molecule has 26 heavy (non-hydrogen) atoms. The zero-order valence-electron chi connectivity index (χ0n) is 14.4. The highest BCUT2D eigenvalue weighted by Gasteiger charge is 2.21. The van der Waals surface area contributed by atoms with Gasteiger partial charge in [-0.1, -0.05) is 18.2 Å². The fourth-order valence-electron chi connectivity index (χ4n) is 3.30. The monoisotopic (exact) mass is 360 g/mol. The molecule has 0 spiro atoms. The molecule has 1 aliphatic heterocycles. The maximum Gasteiger partial charge on any atom is 0.335 e. The van der Waals surface area contributed by atoms with Crippen molar-refractivity contribution in [3.63, 3.8) is 0 Å². The number of hydrogen-bond donors (Lipinski definition) is 2. The van der Waals surface area contributed by atoms with E-state index in [1.54, 1.807) is 24.3 Å². The van der Waals surface area contributed by atoms with Crippen molar-refractivity contribution < 1.29 is 18.7 Å². The second-order valence-corrected chi connectivity index (χ2v) is 6.66. The summed E-state index contributed by atoms with van der Waals surface area (Å²) in [6.07, 6.45) is 1.97. The van der Waals surface area contributed by atoms with Gasteiger partial charge in [-0.05, 0) is 49.2 Å². The van der Waals surface area contributed by atoms with Gasteiger partial charge in [0.25, 0.3) is 0 Å². The fourth-order valence-corrected chi connectivity index (χ4v) is 3.30. The lowest BCUT2D eigenvalue weighted by Gasteiger charge is -2.33. The van der Waals surface area contributed by atoms with Crippen LogP contribution in [0.4, 0.5) is 8.78 Å². The molecule has 3 rings (SSSR count). The average Bonchev–Trinajstić information content (AvgIpc) is 2.64. The van der Waals surface area contributed by atoms with Gasteiger partial charge in [0.05, 0.1) is 5.56 Å². The number of carbonyl (C=O) groups is 1. The number of halogens is 2. The van der Waals surface area contributed by atoms with Crippen molar-refractivity contribution in [2.75, 3.05) is 13.1 Å². The Morgan fingerprint density at radius 2 is 1.85 bits per heavy atom. The van der Waals surface area contributed by atoms with Crippen LogP contribution in [0.2, 0.25) is 0 Å². The number of piperidine rings is 1. The van der Waals surface area contributed by atoms with Crippen LogP contribution in [0, 0.1) is 11.6 Å². The van der Waals surface area contributed by atoms with E-state index in [2.05, 4.69) is 10.2 Å². The highest BCUT2D eigenvalue weighted by atomic mass is 19.1. The first-order chi connectivity index (χ1) is 12.5. The molecule has 0 saturated carbocycles. The summed E-state index contributed by atoms with van der Waals surface area (Å²) < 4.78 is 27.7. The number of benzene rings is 2. The lowest BCUT2D eigenvalue weighted by molar-refractivity contribution is 0.0697. The van der Waals surface area contributed by atoms with Crippen LogP contribution < -0.4 is 5.32 Å². The molecular formula is C20H22F2N2O2. The largest absolute Gasteiger partial charge is 0.478 e. The lowest BCUT2D eigenvalue weighted by Crippen LogP contribution is -2.45. The maximum atomic E-state index is 13.8. The van der Waals surface area contributed by atoms with Crippen LogP contribution in [0.5, 0.6) is 0 Å². The van der Waals surface area contributed by atoms with Crippen molar-refractivity contribution in [3.8, 4) is 0 Å². The third kappa shape index (κ3) is 4.65. The standard InChI is InChI=1S/C20H22F2N2O2/c21-18-4-1-5-19(22)17(18)13-24-10-2-3-16(12-24)23-11-14-6-8-15(9-7-14)20(25)26/h1,4-9,16,23H,2-3,10-13H2,(H,25,26). The number of carboxylic acids is 1. The minimum Gasteiger partial charge on any atom is -0.478 e. The van der Waals surface area contributed by atoms with Crippen LogP contribution in [0.3, 0.4) is 0 Å². The molecular weight excluding hydrogens is 338 g/mol. The van der Waals surface area contributed by atoms with E-state index in [4.69, 9.17) is 5.11 Å². The Labute approximate surface area is 151 Å². The van der Waals surface area contributed by atoms with Crippen LogP contribution >= 0.6 is 0 Å². The van der Waals surface area contributed by atoms with E-state index in [-0.39, 0.29) is 23.7 Å². The SMILES string of the molecule is O=C(O)c1ccc(CNC2CCCN(Cc3c(F)cccc3F)C2)cc1. The molecule has 2 aromatic carbocycles. The third-order valence-corrected chi connectivity index (χ3v) is 4.74. The molecule has 0 amide bonds. The van der Waals surface area contributed by atoms with Crippen molar-refractivity contribution in [1.82, 2.24) is 10.2 Å². The quantitative estimate of drug-likeness (QED) is 0.829. The molecule has 1 unspecified atom stereocenters. The van der Waals surface area contributed by atoms with Gasteiger partial charge in [-0.15, -0.1) is 0 Å². The molecule has 1 atom stereocenters. The van der Waals surface area contributed by atoms with Gasteiger partial charge in [0, 0.05) is 31.2 Å². The first-order valence-electron chi connectivity index (χ1n) is 8.74. The molecule has 0 aromatic heterocycles. The Hall–Kier alpha value is -2.31. The van der Waals surface area contributed by atoms with E-state index in [9.17, 15) is 13.6 Å². The number of likely N-dealkylation sites (tertiary alicyclic amines) is 1. The molecule has 2 N–H and O–H groups in total. The Bertz CT molecular complexity index is 745. The number of aromatic carboxylic acids is 1. The third-order valence-electron chi connectivity index (χ3n) is 4.74. The fraction of sp³-hybridized carbons (Fsp3) is 0.350. The summed E-state index contributed by atoms with van der Waals surface area (Å²) in [6, 6.07) is 11.0. The zero-order chi connectivity index (χ0) is 18.5. The summed E-state index contributed by atoms with van der Waals surface area (Å²) in [4.78, 5) is 12.9. The molecule has 138 valence electrons. The van der Waals surface area contributed by atoms with E-state index in [1.807, 2.05) is 0 Å². The van der Waals surface area contributed by atoms with Crippen LogP contribution in [0.1, 0.15) is 34.3 Å². The molecule has 1 aliphatic rings. The second-order valence-electron chi connectivity index (χ2n) is 6.66. The van der Waals surface area contributed by atoms with Gasteiger partial charge in [-0.2, -0.15) is 0 Å². The van der Waals surface area contributed by atoms with Gasteiger partial charge in [-0.25, -0.2) is 13.6 Å². The highest BCUT2D eigenvalue weighted by Crippen LogP contribution is 2.18. The summed E-state index contributed by atoms with van der Waals surface area (Å²) in [5.41, 5.74) is 1.40. The molecule has 1 saturated heterocycles. The van der Waals surface area contributed by atoms with Gasteiger partial charge in [0.2, 0.25) is 0 Å². The van der Waals surface area contributed by atoms with Gasteiger partial charge in [0.1, 0.15) is 11.6 Å². The maximum absolute atomic E-state index is 13.8. The molecule has 0 radical (unpaired) electrons. The second kappa shape index (κ2) is 8.38. The van der Waals surface area contributed by atoms with Crippen LogP contribution in [0.15, 0.2) is 42.5 Å². The van der Waals surface area contributed by atoms with Crippen molar-refractivity contribution in [2.45, 2.75) is 32.0 Å². The normalized spacial score (nSPS) is 18.0. The molecule has 1 fully saturated rings. The van der Waals surface area contributed by atoms with E-state index in [0.29, 0.717) is 6.54 Å². The van der Waals surface area contributed by atoms with Gasteiger partial charge < -0.3 is 10.4 Å². The van der Waals surface area contributed by atoms with Crippen LogP contribution in [-0.4, -0.2) is 35.1 Å².